The molecule has 1 atom stereocenters. The summed E-state index contributed by atoms with van der Waals surface area (Å²) in [6, 6.07) is 6.96. The predicted molar refractivity (Wildman–Crippen MR) is 78.2 cm³/mol. The maximum atomic E-state index is 12.9. The Balaban J connectivity index is 1.75. The topological polar surface area (TPSA) is 38.1 Å². The second kappa shape index (κ2) is 6.26. The lowest BCUT2D eigenvalue weighted by Crippen LogP contribution is -2.44. The third kappa shape index (κ3) is 3.42. The van der Waals surface area contributed by atoms with Crippen LogP contribution in [0.25, 0.3) is 5.69 Å². The second-order valence-corrected chi connectivity index (χ2v) is 5.75. The van der Waals surface area contributed by atoms with Crippen LogP contribution in [-0.2, 0) is 0 Å². The minimum Gasteiger partial charge on any atom is -0.337 e. The average molecular weight is 341 g/mol. The highest BCUT2D eigenvalue weighted by atomic mass is 19.4. The van der Waals surface area contributed by atoms with Crippen molar-refractivity contribution in [1.82, 2.24) is 14.7 Å². The summed E-state index contributed by atoms with van der Waals surface area (Å²) < 4.78 is 52.9. The Hall–Kier alpha value is -2.38. The van der Waals surface area contributed by atoms with Crippen LogP contribution in [0.2, 0.25) is 0 Å². The molecule has 1 amide bonds. The SMILES string of the molecule is O=C(c1ccn(-c2ccc(F)cc2)n1)N1CCC[C@H](C(F)(F)F)C1. The van der Waals surface area contributed by atoms with Crippen molar-refractivity contribution in [2.24, 2.45) is 5.92 Å². The number of likely N-dealkylation sites (tertiary alicyclic amines) is 1. The molecule has 8 heteroatoms. The van der Waals surface area contributed by atoms with E-state index in [1.807, 2.05) is 0 Å². The van der Waals surface area contributed by atoms with Gasteiger partial charge in [-0.3, -0.25) is 4.79 Å². The highest BCUT2D eigenvalue weighted by Gasteiger charge is 2.42. The molecule has 1 aliphatic rings. The molecule has 1 aliphatic heterocycles. The molecule has 2 heterocycles. The Bertz CT molecular complexity index is 724. The fraction of sp³-hybridized carbons (Fsp3) is 0.375. The molecule has 0 N–H and O–H groups in total. The van der Waals surface area contributed by atoms with Crippen molar-refractivity contribution in [3.05, 3.63) is 48.0 Å². The number of amides is 1. The highest BCUT2D eigenvalue weighted by molar-refractivity contribution is 5.92. The summed E-state index contributed by atoms with van der Waals surface area (Å²) in [7, 11) is 0. The Morgan fingerprint density at radius 1 is 1.17 bits per heavy atom. The standard InChI is InChI=1S/C16H15F4N3O/c17-12-3-5-13(6-4-12)23-9-7-14(21-23)15(24)22-8-1-2-11(10-22)16(18,19)20/h3-7,9,11H,1-2,8,10H2/t11-/m0/s1. The van der Waals surface area contributed by atoms with Crippen LogP contribution in [0.4, 0.5) is 17.6 Å². The Kier molecular flexibility index (Phi) is 4.29. The number of benzene rings is 1. The van der Waals surface area contributed by atoms with Gasteiger partial charge in [-0.2, -0.15) is 18.3 Å². The molecule has 4 nitrogen and oxygen atoms in total. The van der Waals surface area contributed by atoms with Gasteiger partial charge in [-0.1, -0.05) is 0 Å². The van der Waals surface area contributed by atoms with Gasteiger partial charge < -0.3 is 4.90 Å². The number of alkyl halides is 3. The number of hydrogen-bond donors (Lipinski definition) is 0. The average Bonchev–Trinajstić information content (AvgIpc) is 3.04. The van der Waals surface area contributed by atoms with Gasteiger partial charge in [0.2, 0.25) is 0 Å². The van der Waals surface area contributed by atoms with Crippen molar-refractivity contribution in [1.29, 1.82) is 0 Å². The molecule has 2 aromatic rings. The molecule has 0 bridgehead atoms. The first-order valence-electron chi connectivity index (χ1n) is 7.52. The van der Waals surface area contributed by atoms with E-state index in [4.69, 9.17) is 0 Å². The highest BCUT2D eigenvalue weighted by Crippen LogP contribution is 2.33. The molecular weight excluding hydrogens is 326 g/mol. The van der Waals surface area contributed by atoms with Crippen LogP contribution in [0.15, 0.2) is 36.5 Å². The molecule has 0 saturated carbocycles. The van der Waals surface area contributed by atoms with Crippen LogP contribution >= 0.6 is 0 Å². The summed E-state index contributed by atoms with van der Waals surface area (Å²) in [4.78, 5) is 13.6. The van der Waals surface area contributed by atoms with Crippen molar-refractivity contribution in [3.63, 3.8) is 0 Å². The van der Waals surface area contributed by atoms with E-state index in [0.29, 0.717) is 12.1 Å². The maximum absolute atomic E-state index is 12.9. The number of piperidine rings is 1. The monoisotopic (exact) mass is 341 g/mol. The van der Waals surface area contributed by atoms with Crippen LogP contribution in [0.3, 0.4) is 0 Å². The number of halogens is 4. The van der Waals surface area contributed by atoms with E-state index < -0.39 is 23.8 Å². The molecule has 0 aliphatic carbocycles. The summed E-state index contributed by atoms with van der Waals surface area (Å²) in [5.41, 5.74) is 0.629. The van der Waals surface area contributed by atoms with Crippen LogP contribution < -0.4 is 0 Å². The summed E-state index contributed by atoms with van der Waals surface area (Å²) >= 11 is 0. The summed E-state index contributed by atoms with van der Waals surface area (Å²) in [6.45, 7) is -0.0550. The van der Waals surface area contributed by atoms with Crippen LogP contribution in [-0.4, -0.2) is 39.9 Å². The van der Waals surface area contributed by atoms with Crippen LogP contribution in [0.1, 0.15) is 23.3 Å². The maximum Gasteiger partial charge on any atom is 0.393 e. The summed E-state index contributed by atoms with van der Waals surface area (Å²) in [5.74, 6) is -2.41. The molecule has 1 aromatic carbocycles. The van der Waals surface area contributed by atoms with Gasteiger partial charge in [0.25, 0.3) is 5.91 Å². The third-order valence-electron chi connectivity index (χ3n) is 4.07. The van der Waals surface area contributed by atoms with Gasteiger partial charge in [-0.05, 0) is 43.2 Å². The predicted octanol–water partition coefficient (Wildman–Crippen LogP) is 3.43. The fourth-order valence-corrected chi connectivity index (χ4v) is 2.77. The lowest BCUT2D eigenvalue weighted by Gasteiger charge is -2.33. The zero-order chi connectivity index (χ0) is 17.3. The number of hydrogen-bond acceptors (Lipinski definition) is 2. The molecule has 128 valence electrons. The fourth-order valence-electron chi connectivity index (χ4n) is 2.77. The zero-order valence-electron chi connectivity index (χ0n) is 12.6. The van der Waals surface area contributed by atoms with E-state index in [1.54, 1.807) is 0 Å². The lowest BCUT2D eigenvalue weighted by atomic mass is 9.97. The van der Waals surface area contributed by atoms with Gasteiger partial charge in [0, 0.05) is 19.3 Å². The van der Waals surface area contributed by atoms with Crippen LogP contribution in [0, 0.1) is 11.7 Å². The van der Waals surface area contributed by atoms with Gasteiger partial charge in [-0.15, -0.1) is 0 Å². The van der Waals surface area contributed by atoms with E-state index in [1.165, 1.54) is 46.1 Å². The van der Waals surface area contributed by atoms with E-state index >= 15 is 0 Å². The van der Waals surface area contributed by atoms with E-state index in [9.17, 15) is 22.4 Å². The minimum absolute atomic E-state index is 0.0390. The third-order valence-corrected chi connectivity index (χ3v) is 4.07. The Morgan fingerprint density at radius 3 is 2.54 bits per heavy atom. The first kappa shape index (κ1) is 16.5. The molecule has 0 spiro atoms. The minimum atomic E-state index is -4.30. The van der Waals surface area contributed by atoms with Crippen molar-refractivity contribution in [2.75, 3.05) is 13.1 Å². The van der Waals surface area contributed by atoms with Crippen molar-refractivity contribution >= 4 is 5.91 Å². The van der Waals surface area contributed by atoms with Gasteiger partial charge in [-0.25, -0.2) is 9.07 Å². The first-order chi connectivity index (χ1) is 11.3. The van der Waals surface area contributed by atoms with E-state index in [0.717, 1.165) is 0 Å². The van der Waals surface area contributed by atoms with E-state index in [2.05, 4.69) is 5.10 Å². The lowest BCUT2D eigenvalue weighted by molar-refractivity contribution is -0.184. The normalized spacial score (nSPS) is 18.7. The molecule has 0 unspecified atom stereocenters. The number of aromatic nitrogens is 2. The molecule has 3 rings (SSSR count). The summed E-state index contributed by atoms with van der Waals surface area (Å²) in [6.07, 6.45) is -2.43. The number of rotatable bonds is 2. The Morgan fingerprint density at radius 2 is 1.88 bits per heavy atom. The summed E-state index contributed by atoms with van der Waals surface area (Å²) in [5, 5.41) is 4.09. The zero-order valence-corrected chi connectivity index (χ0v) is 12.6. The molecular formula is C16H15F4N3O. The van der Waals surface area contributed by atoms with Crippen molar-refractivity contribution in [2.45, 2.75) is 19.0 Å². The quantitative estimate of drug-likeness (QED) is 0.785. The molecule has 1 aromatic heterocycles. The number of carbonyl (C=O) groups excluding carboxylic acids is 1. The number of nitrogens with zero attached hydrogens (tertiary/aromatic N) is 3. The second-order valence-electron chi connectivity index (χ2n) is 5.75. The van der Waals surface area contributed by atoms with Gasteiger partial charge >= 0.3 is 6.18 Å². The Labute approximate surface area is 135 Å². The van der Waals surface area contributed by atoms with Gasteiger partial charge in [0.05, 0.1) is 11.6 Å². The number of carbonyl (C=O) groups is 1. The molecule has 1 saturated heterocycles. The van der Waals surface area contributed by atoms with Crippen LogP contribution in [0.5, 0.6) is 0 Å². The van der Waals surface area contributed by atoms with Gasteiger partial charge in [0.15, 0.2) is 5.69 Å². The molecule has 1 fully saturated rings. The van der Waals surface area contributed by atoms with Crippen molar-refractivity contribution < 1.29 is 22.4 Å². The first-order valence-corrected chi connectivity index (χ1v) is 7.52. The van der Waals surface area contributed by atoms with E-state index in [-0.39, 0.29) is 25.2 Å². The van der Waals surface area contributed by atoms with Crippen molar-refractivity contribution in [3.8, 4) is 5.69 Å². The molecule has 0 radical (unpaired) electrons. The molecule has 24 heavy (non-hydrogen) atoms. The largest absolute Gasteiger partial charge is 0.393 e. The smallest absolute Gasteiger partial charge is 0.337 e. The van der Waals surface area contributed by atoms with Gasteiger partial charge in [0.1, 0.15) is 5.82 Å².